The lowest BCUT2D eigenvalue weighted by Gasteiger charge is -2.17. The number of aryl methyl sites for hydroxylation is 1. The highest BCUT2D eigenvalue weighted by Gasteiger charge is 2.13. The Kier molecular flexibility index (Phi) is 5.67. The van der Waals surface area contributed by atoms with Gasteiger partial charge in [-0.1, -0.05) is 48.0 Å². The summed E-state index contributed by atoms with van der Waals surface area (Å²) in [7, 11) is 1.77. The van der Waals surface area contributed by atoms with E-state index in [1.807, 2.05) is 61.5 Å². The standard InChI is InChI=1S/C23H22N2O2/c1-17-8-14-21(15-9-17)24-22(26)19-10-12-20(13-11-19)23(27)25(2)16-18-6-4-3-5-7-18/h3-15H,16H2,1-2H3,(H,24,26). The second-order valence-corrected chi connectivity index (χ2v) is 6.54. The van der Waals surface area contributed by atoms with E-state index in [1.165, 1.54) is 0 Å². The summed E-state index contributed by atoms with van der Waals surface area (Å²) in [6, 6.07) is 24.2. The van der Waals surface area contributed by atoms with Gasteiger partial charge in [-0.3, -0.25) is 9.59 Å². The molecule has 3 aromatic carbocycles. The van der Waals surface area contributed by atoms with Gasteiger partial charge < -0.3 is 10.2 Å². The van der Waals surface area contributed by atoms with E-state index >= 15 is 0 Å². The first-order chi connectivity index (χ1) is 13.0. The molecule has 2 amide bonds. The molecule has 0 aliphatic heterocycles. The third-order valence-electron chi connectivity index (χ3n) is 4.31. The van der Waals surface area contributed by atoms with E-state index in [9.17, 15) is 9.59 Å². The number of nitrogens with zero attached hydrogens (tertiary/aromatic N) is 1. The minimum Gasteiger partial charge on any atom is -0.337 e. The van der Waals surface area contributed by atoms with Crippen molar-refractivity contribution < 1.29 is 9.59 Å². The second-order valence-electron chi connectivity index (χ2n) is 6.54. The molecular formula is C23H22N2O2. The number of hydrogen-bond acceptors (Lipinski definition) is 2. The normalized spacial score (nSPS) is 10.3. The Balaban J connectivity index is 1.64. The molecule has 0 unspecified atom stereocenters. The number of nitrogens with one attached hydrogen (secondary N) is 1. The molecule has 0 saturated heterocycles. The van der Waals surface area contributed by atoms with Crippen molar-refractivity contribution in [2.45, 2.75) is 13.5 Å². The van der Waals surface area contributed by atoms with Crippen LogP contribution in [0, 0.1) is 6.92 Å². The van der Waals surface area contributed by atoms with Crippen LogP contribution in [0.25, 0.3) is 0 Å². The van der Waals surface area contributed by atoms with Crippen molar-refractivity contribution in [1.82, 2.24) is 4.90 Å². The molecule has 0 spiro atoms. The van der Waals surface area contributed by atoms with Crippen LogP contribution < -0.4 is 5.32 Å². The molecule has 3 rings (SSSR count). The number of carbonyl (C=O) groups is 2. The predicted molar refractivity (Wildman–Crippen MR) is 108 cm³/mol. The van der Waals surface area contributed by atoms with Crippen molar-refractivity contribution in [1.29, 1.82) is 0 Å². The SMILES string of the molecule is Cc1ccc(NC(=O)c2ccc(C(=O)N(C)Cc3ccccc3)cc2)cc1. The Hall–Kier alpha value is -3.40. The van der Waals surface area contributed by atoms with Gasteiger partial charge in [-0.15, -0.1) is 0 Å². The maximum absolute atomic E-state index is 12.6. The molecule has 0 aliphatic rings. The zero-order valence-electron chi connectivity index (χ0n) is 15.5. The molecular weight excluding hydrogens is 336 g/mol. The highest BCUT2D eigenvalue weighted by Crippen LogP contribution is 2.13. The lowest BCUT2D eigenvalue weighted by Crippen LogP contribution is -2.26. The van der Waals surface area contributed by atoms with Crippen LogP contribution in [-0.4, -0.2) is 23.8 Å². The topological polar surface area (TPSA) is 49.4 Å². The molecule has 4 nitrogen and oxygen atoms in total. The van der Waals surface area contributed by atoms with Gasteiger partial charge >= 0.3 is 0 Å². The van der Waals surface area contributed by atoms with Crippen molar-refractivity contribution >= 4 is 17.5 Å². The maximum Gasteiger partial charge on any atom is 0.255 e. The summed E-state index contributed by atoms with van der Waals surface area (Å²) in [5.74, 6) is -0.278. The fourth-order valence-electron chi connectivity index (χ4n) is 2.75. The van der Waals surface area contributed by atoms with Gasteiger partial charge in [-0.05, 0) is 48.9 Å². The molecule has 0 fully saturated rings. The van der Waals surface area contributed by atoms with Crippen LogP contribution in [0.3, 0.4) is 0 Å². The monoisotopic (exact) mass is 358 g/mol. The smallest absolute Gasteiger partial charge is 0.255 e. The fourth-order valence-corrected chi connectivity index (χ4v) is 2.75. The quantitative estimate of drug-likeness (QED) is 0.729. The van der Waals surface area contributed by atoms with Crippen LogP contribution in [0.15, 0.2) is 78.9 Å². The van der Waals surface area contributed by atoms with E-state index in [2.05, 4.69) is 5.32 Å². The highest BCUT2D eigenvalue weighted by molar-refractivity contribution is 6.05. The third-order valence-corrected chi connectivity index (χ3v) is 4.31. The maximum atomic E-state index is 12.6. The molecule has 0 bridgehead atoms. The van der Waals surface area contributed by atoms with Gasteiger partial charge in [0.25, 0.3) is 11.8 Å². The summed E-state index contributed by atoms with van der Waals surface area (Å²) in [5.41, 5.74) is 4.02. The van der Waals surface area contributed by atoms with E-state index in [0.29, 0.717) is 17.7 Å². The Morgan fingerprint density at radius 3 is 2.04 bits per heavy atom. The van der Waals surface area contributed by atoms with Gasteiger partial charge in [-0.25, -0.2) is 0 Å². The second kappa shape index (κ2) is 8.32. The zero-order valence-corrected chi connectivity index (χ0v) is 15.5. The summed E-state index contributed by atoms with van der Waals surface area (Å²) in [4.78, 5) is 26.6. The molecule has 0 aromatic heterocycles. The van der Waals surface area contributed by atoms with Crippen LogP contribution in [0.2, 0.25) is 0 Å². The minimum atomic E-state index is -0.199. The first-order valence-electron chi connectivity index (χ1n) is 8.80. The Bertz CT molecular complexity index is 917. The lowest BCUT2D eigenvalue weighted by atomic mass is 10.1. The first-order valence-corrected chi connectivity index (χ1v) is 8.80. The van der Waals surface area contributed by atoms with Crippen molar-refractivity contribution in [3.63, 3.8) is 0 Å². The molecule has 0 saturated carbocycles. The molecule has 0 radical (unpaired) electrons. The fraction of sp³-hybridized carbons (Fsp3) is 0.130. The number of amides is 2. The Morgan fingerprint density at radius 2 is 1.41 bits per heavy atom. The van der Waals surface area contributed by atoms with Gasteiger partial charge in [-0.2, -0.15) is 0 Å². The van der Waals surface area contributed by atoms with Gasteiger partial charge in [0.15, 0.2) is 0 Å². The van der Waals surface area contributed by atoms with Crippen LogP contribution in [0.5, 0.6) is 0 Å². The lowest BCUT2D eigenvalue weighted by molar-refractivity contribution is 0.0784. The van der Waals surface area contributed by atoms with Crippen molar-refractivity contribution in [2.24, 2.45) is 0 Å². The average molecular weight is 358 g/mol. The van der Waals surface area contributed by atoms with Crippen LogP contribution >= 0.6 is 0 Å². The summed E-state index contributed by atoms with van der Waals surface area (Å²) >= 11 is 0. The van der Waals surface area contributed by atoms with Crippen LogP contribution in [-0.2, 0) is 6.54 Å². The van der Waals surface area contributed by atoms with E-state index < -0.39 is 0 Å². The molecule has 3 aromatic rings. The number of carbonyl (C=O) groups excluding carboxylic acids is 2. The van der Waals surface area contributed by atoms with E-state index in [0.717, 1.165) is 16.8 Å². The summed E-state index contributed by atoms with van der Waals surface area (Å²) < 4.78 is 0. The molecule has 27 heavy (non-hydrogen) atoms. The summed E-state index contributed by atoms with van der Waals surface area (Å²) in [6.45, 7) is 2.53. The van der Waals surface area contributed by atoms with E-state index in [-0.39, 0.29) is 11.8 Å². The van der Waals surface area contributed by atoms with Crippen molar-refractivity contribution in [2.75, 3.05) is 12.4 Å². The van der Waals surface area contributed by atoms with Crippen LogP contribution in [0.1, 0.15) is 31.8 Å². The Labute approximate surface area is 159 Å². The predicted octanol–water partition coefficient (Wildman–Crippen LogP) is 4.52. The summed E-state index contributed by atoms with van der Waals surface area (Å²) in [5, 5.41) is 2.86. The molecule has 1 N–H and O–H groups in total. The third kappa shape index (κ3) is 4.82. The van der Waals surface area contributed by atoms with Crippen LogP contribution in [0.4, 0.5) is 5.69 Å². The number of anilines is 1. The molecule has 0 heterocycles. The highest BCUT2D eigenvalue weighted by atomic mass is 16.2. The van der Waals surface area contributed by atoms with Crippen molar-refractivity contribution in [3.05, 3.63) is 101 Å². The average Bonchev–Trinajstić information content (AvgIpc) is 2.70. The number of benzene rings is 3. The number of hydrogen-bond donors (Lipinski definition) is 1. The van der Waals surface area contributed by atoms with Gasteiger partial charge in [0.1, 0.15) is 0 Å². The van der Waals surface area contributed by atoms with E-state index in [4.69, 9.17) is 0 Å². The first kappa shape index (κ1) is 18.4. The van der Waals surface area contributed by atoms with E-state index in [1.54, 1.807) is 36.2 Å². The van der Waals surface area contributed by atoms with Gasteiger partial charge in [0, 0.05) is 30.4 Å². The largest absolute Gasteiger partial charge is 0.337 e. The molecule has 0 aliphatic carbocycles. The molecule has 0 atom stereocenters. The molecule has 4 heteroatoms. The summed E-state index contributed by atoms with van der Waals surface area (Å²) in [6.07, 6.45) is 0. The zero-order chi connectivity index (χ0) is 19.2. The molecule has 136 valence electrons. The van der Waals surface area contributed by atoms with Crippen molar-refractivity contribution in [3.8, 4) is 0 Å². The van der Waals surface area contributed by atoms with Gasteiger partial charge in [0.05, 0.1) is 0 Å². The van der Waals surface area contributed by atoms with Gasteiger partial charge in [0.2, 0.25) is 0 Å². The minimum absolute atomic E-state index is 0.0793. The Morgan fingerprint density at radius 1 is 0.815 bits per heavy atom. The number of rotatable bonds is 5.